The van der Waals surface area contributed by atoms with Crippen LogP contribution in [0.15, 0.2) is 0 Å². The van der Waals surface area contributed by atoms with E-state index in [1.54, 1.807) is 0 Å². The molecule has 0 saturated heterocycles. The quantitative estimate of drug-likeness (QED) is 0.222. The molecule has 0 aromatic rings. The van der Waals surface area contributed by atoms with Crippen molar-refractivity contribution in [2.45, 2.75) is 129 Å². The van der Waals surface area contributed by atoms with Gasteiger partial charge in [-0.1, -0.05) is 84.5 Å². The molecule has 0 bridgehead atoms. The van der Waals surface area contributed by atoms with E-state index in [2.05, 4.69) is 13.8 Å². The fourth-order valence-corrected chi connectivity index (χ4v) is 3.24. The minimum atomic E-state index is -0.952. The molecule has 0 rings (SSSR count). The lowest BCUT2D eigenvalue weighted by atomic mass is 10.0. The number of rotatable bonds is 19. The predicted octanol–water partition coefficient (Wildman–Crippen LogP) is 5.63. The third-order valence-electron chi connectivity index (χ3n) is 4.87. The monoisotopic (exact) mass is 386 g/mol. The van der Waals surface area contributed by atoms with Gasteiger partial charge in [0.1, 0.15) is 6.10 Å². The molecule has 0 heterocycles. The van der Waals surface area contributed by atoms with Crippen molar-refractivity contribution >= 4 is 11.9 Å². The van der Waals surface area contributed by atoms with E-state index in [0.717, 1.165) is 38.5 Å². The van der Waals surface area contributed by atoms with Gasteiger partial charge >= 0.3 is 11.9 Å². The topological polar surface area (TPSA) is 83.8 Å². The van der Waals surface area contributed by atoms with Gasteiger partial charge in [-0.2, -0.15) is 0 Å². The summed E-state index contributed by atoms with van der Waals surface area (Å²) in [5, 5.41) is 18.9. The molecule has 2 unspecified atom stereocenters. The van der Waals surface area contributed by atoms with E-state index >= 15 is 0 Å². The molecule has 0 aromatic carbocycles. The number of carbonyl (C=O) groups is 2. The van der Waals surface area contributed by atoms with Crippen molar-refractivity contribution in [3.63, 3.8) is 0 Å². The highest BCUT2D eigenvalue weighted by atomic mass is 16.5. The Morgan fingerprint density at radius 1 is 0.741 bits per heavy atom. The van der Waals surface area contributed by atoms with Crippen LogP contribution in [0, 0.1) is 0 Å². The van der Waals surface area contributed by atoms with Crippen molar-refractivity contribution in [2.24, 2.45) is 0 Å². The Balaban J connectivity index is 3.95. The average Bonchev–Trinajstić information content (AvgIpc) is 2.59. The zero-order valence-corrected chi connectivity index (χ0v) is 17.6. The highest BCUT2D eigenvalue weighted by Gasteiger charge is 2.20. The Hall–Kier alpha value is -1.10. The van der Waals surface area contributed by atoms with Gasteiger partial charge in [0.25, 0.3) is 0 Å². The van der Waals surface area contributed by atoms with Crippen LogP contribution in [0.3, 0.4) is 0 Å². The van der Waals surface area contributed by atoms with Crippen molar-refractivity contribution in [2.75, 3.05) is 0 Å². The summed E-state index contributed by atoms with van der Waals surface area (Å²) in [5.41, 5.74) is 0. The summed E-state index contributed by atoms with van der Waals surface area (Å²) in [7, 11) is 0. The Labute approximate surface area is 165 Å². The van der Waals surface area contributed by atoms with Crippen molar-refractivity contribution in [1.29, 1.82) is 0 Å². The molecule has 0 aliphatic carbocycles. The van der Waals surface area contributed by atoms with Crippen molar-refractivity contribution in [1.82, 2.24) is 0 Å². The molecular formula is C22H42O5. The fraction of sp³-hybridized carbons (Fsp3) is 0.909. The number of ether oxygens (including phenoxy) is 1. The summed E-state index contributed by atoms with van der Waals surface area (Å²) >= 11 is 0. The molecule has 2 N–H and O–H groups in total. The van der Waals surface area contributed by atoms with E-state index in [-0.39, 0.29) is 12.8 Å². The second-order valence-electron chi connectivity index (χ2n) is 7.68. The van der Waals surface area contributed by atoms with Crippen molar-refractivity contribution in [3.05, 3.63) is 0 Å². The standard InChI is InChI=1S/C22H42O5/c1-3-5-7-8-9-10-11-12-14-16-20(18-21(24)25)27-22(26)17-19(23)15-13-6-4-2/h19-20,23H,3-18H2,1-2H3,(H,24,25). The third-order valence-corrected chi connectivity index (χ3v) is 4.87. The van der Waals surface area contributed by atoms with Crippen LogP contribution < -0.4 is 0 Å². The number of hydrogen-bond acceptors (Lipinski definition) is 4. The smallest absolute Gasteiger partial charge is 0.308 e. The number of aliphatic hydroxyl groups excluding tert-OH is 1. The first-order valence-electron chi connectivity index (χ1n) is 11.1. The molecule has 27 heavy (non-hydrogen) atoms. The van der Waals surface area contributed by atoms with Crippen LogP contribution >= 0.6 is 0 Å². The number of aliphatic hydroxyl groups is 1. The minimum Gasteiger partial charge on any atom is -0.481 e. The Morgan fingerprint density at radius 3 is 1.78 bits per heavy atom. The van der Waals surface area contributed by atoms with E-state index < -0.39 is 24.1 Å². The van der Waals surface area contributed by atoms with Crippen LogP contribution in [0.5, 0.6) is 0 Å². The third kappa shape index (κ3) is 18.0. The SMILES string of the molecule is CCCCCCCCCCCC(CC(=O)O)OC(=O)CC(O)CCCCC. The molecule has 0 amide bonds. The molecule has 0 saturated carbocycles. The normalized spacial score (nSPS) is 13.3. The Bertz CT molecular complexity index is 370. The van der Waals surface area contributed by atoms with Gasteiger partial charge in [-0.05, 0) is 19.3 Å². The van der Waals surface area contributed by atoms with Gasteiger partial charge in [0.05, 0.1) is 18.9 Å². The first-order valence-corrected chi connectivity index (χ1v) is 11.1. The van der Waals surface area contributed by atoms with Gasteiger partial charge in [0, 0.05) is 0 Å². The van der Waals surface area contributed by atoms with Gasteiger partial charge in [-0.3, -0.25) is 9.59 Å². The molecular weight excluding hydrogens is 344 g/mol. The van der Waals surface area contributed by atoms with Crippen LogP contribution in [0.1, 0.15) is 117 Å². The van der Waals surface area contributed by atoms with E-state index in [4.69, 9.17) is 9.84 Å². The summed E-state index contributed by atoms with van der Waals surface area (Å²) in [4.78, 5) is 23.0. The van der Waals surface area contributed by atoms with Crippen molar-refractivity contribution < 1.29 is 24.5 Å². The largest absolute Gasteiger partial charge is 0.481 e. The lowest BCUT2D eigenvalue weighted by Crippen LogP contribution is -2.24. The number of hydrogen-bond donors (Lipinski definition) is 2. The van der Waals surface area contributed by atoms with Crippen LogP contribution in [-0.4, -0.2) is 34.4 Å². The number of aliphatic carboxylic acids is 1. The average molecular weight is 387 g/mol. The number of carbonyl (C=O) groups excluding carboxylic acids is 1. The number of esters is 1. The summed E-state index contributed by atoms with van der Waals surface area (Å²) in [5.74, 6) is -1.44. The summed E-state index contributed by atoms with van der Waals surface area (Å²) in [6.45, 7) is 4.30. The number of carboxylic acids is 1. The molecule has 5 heteroatoms. The highest BCUT2D eigenvalue weighted by molar-refractivity contribution is 5.71. The molecule has 0 radical (unpaired) electrons. The van der Waals surface area contributed by atoms with E-state index in [1.807, 2.05) is 0 Å². The molecule has 0 spiro atoms. The van der Waals surface area contributed by atoms with E-state index in [1.165, 1.54) is 38.5 Å². The van der Waals surface area contributed by atoms with Crippen molar-refractivity contribution in [3.8, 4) is 0 Å². The maximum atomic E-state index is 12.0. The maximum Gasteiger partial charge on any atom is 0.308 e. The Kier molecular flexibility index (Phi) is 17.5. The fourth-order valence-electron chi connectivity index (χ4n) is 3.24. The minimum absolute atomic E-state index is 0.0441. The summed E-state index contributed by atoms with van der Waals surface area (Å²) in [6.07, 6.45) is 13.4. The number of carboxylic acid groups (broad SMARTS) is 1. The van der Waals surface area contributed by atoms with E-state index in [9.17, 15) is 14.7 Å². The second-order valence-corrected chi connectivity index (χ2v) is 7.68. The van der Waals surface area contributed by atoms with Gasteiger partial charge in [-0.25, -0.2) is 0 Å². The Morgan fingerprint density at radius 2 is 1.22 bits per heavy atom. The molecule has 0 aliphatic heterocycles. The lowest BCUT2D eigenvalue weighted by molar-refractivity contribution is -0.155. The molecule has 0 aromatic heterocycles. The molecule has 160 valence electrons. The zero-order chi connectivity index (χ0) is 20.3. The van der Waals surface area contributed by atoms with E-state index in [0.29, 0.717) is 12.8 Å². The lowest BCUT2D eigenvalue weighted by Gasteiger charge is -2.17. The van der Waals surface area contributed by atoms with Gasteiger partial charge < -0.3 is 14.9 Å². The summed E-state index contributed by atoms with van der Waals surface area (Å²) < 4.78 is 5.33. The molecule has 0 fully saturated rings. The van der Waals surface area contributed by atoms with Crippen LogP contribution in [0.4, 0.5) is 0 Å². The molecule has 5 nitrogen and oxygen atoms in total. The maximum absolute atomic E-state index is 12.0. The van der Waals surface area contributed by atoms with Crippen LogP contribution in [-0.2, 0) is 14.3 Å². The first-order chi connectivity index (χ1) is 13.0. The van der Waals surface area contributed by atoms with Gasteiger partial charge in [0.15, 0.2) is 0 Å². The summed E-state index contributed by atoms with van der Waals surface area (Å²) in [6, 6.07) is 0. The van der Waals surface area contributed by atoms with Gasteiger partial charge in [-0.15, -0.1) is 0 Å². The number of unbranched alkanes of at least 4 members (excludes halogenated alkanes) is 10. The first kappa shape index (κ1) is 25.9. The highest BCUT2D eigenvalue weighted by Crippen LogP contribution is 2.16. The second kappa shape index (κ2) is 18.3. The predicted molar refractivity (Wildman–Crippen MR) is 109 cm³/mol. The molecule has 2 atom stereocenters. The van der Waals surface area contributed by atoms with Crippen LogP contribution in [0.25, 0.3) is 0 Å². The molecule has 0 aliphatic rings. The zero-order valence-electron chi connectivity index (χ0n) is 17.6. The van der Waals surface area contributed by atoms with Crippen LogP contribution in [0.2, 0.25) is 0 Å². The van der Waals surface area contributed by atoms with Gasteiger partial charge in [0.2, 0.25) is 0 Å².